The lowest BCUT2D eigenvalue weighted by atomic mass is 10.3. The van der Waals surface area contributed by atoms with Crippen LogP contribution in [0.5, 0.6) is 0 Å². The number of guanidine groups is 1. The van der Waals surface area contributed by atoms with E-state index in [2.05, 4.69) is 9.89 Å². The van der Waals surface area contributed by atoms with Gasteiger partial charge in [0.25, 0.3) is 0 Å². The van der Waals surface area contributed by atoms with Gasteiger partial charge in [-0.2, -0.15) is 11.8 Å². The summed E-state index contributed by atoms with van der Waals surface area (Å²) in [6.45, 7) is 3.71. The molecule has 1 aliphatic heterocycles. The highest BCUT2D eigenvalue weighted by atomic mass is 32.2. The second kappa shape index (κ2) is 7.89. The highest BCUT2D eigenvalue weighted by Crippen LogP contribution is 2.20. The van der Waals surface area contributed by atoms with Gasteiger partial charge in [-0.1, -0.05) is 12.8 Å². The Morgan fingerprint density at radius 2 is 2.00 bits per heavy atom. The Labute approximate surface area is 114 Å². The van der Waals surface area contributed by atoms with Crippen molar-refractivity contribution >= 4 is 17.7 Å². The van der Waals surface area contributed by atoms with E-state index >= 15 is 0 Å². The molecule has 1 aliphatic carbocycles. The summed E-state index contributed by atoms with van der Waals surface area (Å²) in [5.41, 5.74) is 5.98. The molecule has 5 heteroatoms. The van der Waals surface area contributed by atoms with Gasteiger partial charge < -0.3 is 15.4 Å². The van der Waals surface area contributed by atoms with Crippen molar-refractivity contribution in [3.05, 3.63) is 0 Å². The summed E-state index contributed by atoms with van der Waals surface area (Å²) in [6, 6.07) is 0. The molecule has 0 aromatic rings. The molecule has 0 unspecified atom stereocenters. The van der Waals surface area contributed by atoms with Crippen LogP contribution in [0.25, 0.3) is 0 Å². The Morgan fingerprint density at radius 1 is 1.28 bits per heavy atom. The van der Waals surface area contributed by atoms with Crippen LogP contribution in [0.15, 0.2) is 4.99 Å². The molecule has 2 N–H and O–H groups in total. The molecule has 0 spiro atoms. The van der Waals surface area contributed by atoms with E-state index in [0.29, 0.717) is 6.10 Å². The van der Waals surface area contributed by atoms with Crippen molar-refractivity contribution in [3.8, 4) is 0 Å². The lowest BCUT2D eigenvalue weighted by Crippen LogP contribution is -2.42. The molecule has 0 bridgehead atoms. The third kappa shape index (κ3) is 4.69. The monoisotopic (exact) mass is 271 g/mol. The van der Waals surface area contributed by atoms with Crippen LogP contribution < -0.4 is 5.73 Å². The lowest BCUT2D eigenvalue weighted by Gasteiger charge is -2.27. The van der Waals surface area contributed by atoms with Crippen LogP contribution in [0.2, 0.25) is 0 Å². The predicted octanol–water partition coefficient (Wildman–Crippen LogP) is 1.70. The normalized spacial score (nSPS) is 22.7. The summed E-state index contributed by atoms with van der Waals surface area (Å²) in [7, 11) is 0. The number of ether oxygens (including phenoxy) is 1. The van der Waals surface area contributed by atoms with Gasteiger partial charge >= 0.3 is 0 Å². The van der Waals surface area contributed by atoms with Crippen LogP contribution in [0.3, 0.4) is 0 Å². The van der Waals surface area contributed by atoms with Gasteiger partial charge in [-0.25, -0.2) is 0 Å². The molecular formula is C13H25N3OS. The fourth-order valence-corrected chi connectivity index (χ4v) is 3.36. The molecule has 0 aromatic carbocycles. The Balaban J connectivity index is 1.55. The summed E-state index contributed by atoms with van der Waals surface area (Å²) in [6.07, 6.45) is 6.67. The van der Waals surface area contributed by atoms with Gasteiger partial charge in [0.15, 0.2) is 5.96 Å². The van der Waals surface area contributed by atoms with Crippen LogP contribution in [-0.2, 0) is 4.74 Å². The Kier molecular flexibility index (Phi) is 6.14. The highest BCUT2D eigenvalue weighted by Gasteiger charge is 2.14. The molecule has 0 atom stereocenters. The molecule has 1 saturated heterocycles. The average molecular weight is 271 g/mol. The molecule has 0 radical (unpaired) electrons. The van der Waals surface area contributed by atoms with E-state index in [4.69, 9.17) is 10.5 Å². The molecular weight excluding hydrogens is 246 g/mol. The van der Waals surface area contributed by atoms with Crippen LogP contribution in [-0.4, -0.2) is 54.7 Å². The van der Waals surface area contributed by atoms with Crippen LogP contribution in [0.4, 0.5) is 0 Å². The molecule has 104 valence electrons. The van der Waals surface area contributed by atoms with Crippen molar-refractivity contribution in [2.24, 2.45) is 10.7 Å². The van der Waals surface area contributed by atoms with Gasteiger partial charge in [-0.15, -0.1) is 0 Å². The van der Waals surface area contributed by atoms with Gasteiger partial charge in [0, 0.05) is 37.7 Å². The first-order valence-corrected chi connectivity index (χ1v) is 8.26. The van der Waals surface area contributed by atoms with Gasteiger partial charge in [0.1, 0.15) is 0 Å². The number of nitrogens with two attached hydrogens (primary N) is 1. The maximum Gasteiger partial charge on any atom is 0.191 e. The fourth-order valence-electron chi connectivity index (χ4n) is 2.46. The van der Waals surface area contributed by atoms with Crippen molar-refractivity contribution in [1.29, 1.82) is 0 Å². The zero-order valence-corrected chi connectivity index (χ0v) is 12.0. The topological polar surface area (TPSA) is 50.9 Å². The van der Waals surface area contributed by atoms with Crippen LogP contribution >= 0.6 is 11.8 Å². The maximum absolute atomic E-state index is 5.98. The van der Waals surface area contributed by atoms with Crippen molar-refractivity contribution in [2.75, 3.05) is 37.7 Å². The minimum Gasteiger partial charge on any atom is -0.378 e. The molecule has 4 nitrogen and oxygen atoms in total. The van der Waals surface area contributed by atoms with Crippen LogP contribution in [0, 0.1) is 0 Å². The number of hydrogen-bond donors (Lipinski definition) is 1. The minimum absolute atomic E-state index is 0.519. The molecule has 0 aromatic heterocycles. The third-order valence-corrected chi connectivity index (χ3v) is 4.51. The Hall–Kier alpha value is -0.420. The summed E-state index contributed by atoms with van der Waals surface area (Å²) < 4.78 is 5.80. The summed E-state index contributed by atoms with van der Waals surface area (Å²) in [4.78, 5) is 6.63. The van der Waals surface area contributed by atoms with E-state index < -0.39 is 0 Å². The first kappa shape index (κ1) is 14.0. The maximum atomic E-state index is 5.98. The quantitative estimate of drug-likeness (QED) is 0.470. The Bertz CT molecular complexity index is 261. The molecule has 1 saturated carbocycles. The zero-order valence-electron chi connectivity index (χ0n) is 11.1. The SMILES string of the molecule is NC(=NCCCOC1CCCC1)N1CCSCC1. The van der Waals surface area contributed by atoms with Crippen molar-refractivity contribution in [3.63, 3.8) is 0 Å². The number of aliphatic imine (C=N–C) groups is 1. The van der Waals surface area contributed by atoms with Gasteiger partial charge in [0.05, 0.1) is 6.10 Å². The predicted molar refractivity (Wildman–Crippen MR) is 78.2 cm³/mol. The van der Waals surface area contributed by atoms with Gasteiger partial charge in [-0.3, -0.25) is 4.99 Å². The molecule has 2 rings (SSSR count). The summed E-state index contributed by atoms with van der Waals surface area (Å²) in [5, 5.41) is 0. The summed E-state index contributed by atoms with van der Waals surface area (Å²) in [5.74, 6) is 3.05. The van der Waals surface area contributed by atoms with E-state index in [1.165, 1.54) is 37.2 Å². The van der Waals surface area contributed by atoms with E-state index in [0.717, 1.165) is 38.6 Å². The van der Waals surface area contributed by atoms with Gasteiger partial charge in [-0.05, 0) is 19.3 Å². The molecule has 1 heterocycles. The summed E-state index contributed by atoms with van der Waals surface area (Å²) >= 11 is 1.99. The van der Waals surface area contributed by atoms with E-state index in [1.807, 2.05) is 11.8 Å². The number of thioether (sulfide) groups is 1. The molecule has 2 fully saturated rings. The lowest BCUT2D eigenvalue weighted by molar-refractivity contribution is 0.0579. The molecule has 2 aliphatic rings. The van der Waals surface area contributed by atoms with E-state index in [-0.39, 0.29) is 0 Å². The number of nitrogens with zero attached hydrogens (tertiary/aromatic N) is 2. The first-order chi connectivity index (χ1) is 8.86. The standard InChI is InChI=1S/C13H25N3OS/c14-13(16-7-10-18-11-8-16)15-6-3-9-17-12-4-1-2-5-12/h12H,1-11H2,(H2,14,15). The number of rotatable bonds is 5. The number of hydrogen-bond acceptors (Lipinski definition) is 3. The van der Waals surface area contributed by atoms with Gasteiger partial charge in [0.2, 0.25) is 0 Å². The largest absolute Gasteiger partial charge is 0.378 e. The third-order valence-electron chi connectivity index (χ3n) is 3.57. The molecule has 18 heavy (non-hydrogen) atoms. The smallest absolute Gasteiger partial charge is 0.191 e. The second-order valence-corrected chi connectivity index (χ2v) is 6.19. The fraction of sp³-hybridized carbons (Fsp3) is 0.923. The first-order valence-electron chi connectivity index (χ1n) is 7.10. The van der Waals surface area contributed by atoms with Crippen molar-refractivity contribution in [1.82, 2.24) is 4.90 Å². The Morgan fingerprint density at radius 3 is 2.72 bits per heavy atom. The van der Waals surface area contributed by atoms with E-state index in [9.17, 15) is 0 Å². The second-order valence-electron chi connectivity index (χ2n) is 4.97. The van der Waals surface area contributed by atoms with Crippen molar-refractivity contribution < 1.29 is 4.74 Å². The van der Waals surface area contributed by atoms with Crippen molar-refractivity contribution in [2.45, 2.75) is 38.2 Å². The van der Waals surface area contributed by atoms with E-state index in [1.54, 1.807) is 0 Å². The van der Waals surface area contributed by atoms with Crippen LogP contribution in [0.1, 0.15) is 32.1 Å². The average Bonchev–Trinajstić information content (AvgIpc) is 2.92. The minimum atomic E-state index is 0.519. The molecule has 0 amide bonds. The highest BCUT2D eigenvalue weighted by molar-refractivity contribution is 7.99. The zero-order chi connectivity index (χ0) is 12.6.